The first-order valence-corrected chi connectivity index (χ1v) is 6.67. The van der Waals surface area contributed by atoms with Gasteiger partial charge in [-0.1, -0.05) is 19.9 Å². The summed E-state index contributed by atoms with van der Waals surface area (Å²) in [5.41, 5.74) is 2.23. The number of ether oxygens (including phenoxy) is 2. The lowest BCUT2D eigenvalue weighted by Gasteiger charge is -2.12. The van der Waals surface area contributed by atoms with Crippen molar-refractivity contribution < 1.29 is 14.3 Å². The third kappa shape index (κ3) is 2.59. The van der Waals surface area contributed by atoms with Gasteiger partial charge in [0.2, 0.25) is 0 Å². The van der Waals surface area contributed by atoms with Crippen molar-refractivity contribution in [2.75, 3.05) is 14.2 Å². The molecule has 0 aliphatic carbocycles. The maximum Gasteiger partial charge on any atom is 0.356 e. The molecule has 2 rings (SSSR count). The lowest BCUT2D eigenvalue weighted by molar-refractivity contribution is 0.0594. The topological polar surface area (TPSA) is 48.4 Å². The normalized spacial score (nSPS) is 12.2. The zero-order chi connectivity index (χ0) is 14.7. The summed E-state index contributed by atoms with van der Waals surface area (Å²) >= 11 is 0. The van der Waals surface area contributed by atoms with E-state index in [1.165, 1.54) is 12.7 Å². The summed E-state index contributed by atoms with van der Waals surface area (Å²) in [6.07, 6.45) is 1.07. The van der Waals surface area contributed by atoms with E-state index in [1.54, 1.807) is 13.2 Å². The predicted molar refractivity (Wildman–Crippen MR) is 78.3 cm³/mol. The van der Waals surface area contributed by atoms with Crippen LogP contribution in [-0.4, -0.2) is 25.2 Å². The average molecular weight is 273 g/mol. The number of carbonyl (C=O) groups is 1. The number of fused-ring (bicyclic) bond motifs is 1. The van der Waals surface area contributed by atoms with E-state index in [1.807, 2.05) is 12.1 Å². The molecule has 20 heavy (non-hydrogen) atoms. The molecular weight excluding hydrogens is 254 g/mol. The fraction of sp³-hybridized carbons (Fsp3) is 0.375. The Morgan fingerprint density at radius 2 is 2.05 bits per heavy atom. The van der Waals surface area contributed by atoms with Crippen molar-refractivity contribution in [1.82, 2.24) is 4.98 Å². The SMILES string of the molecule is CCC(C)c1ccc2nc(C(=O)OC)cc(OC)c2c1. The maximum absolute atomic E-state index is 11.6. The summed E-state index contributed by atoms with van der Waals surface area (Å²) in [5, 5.41) is 0.915. The van der Waals surface area contributed by atoms with Gasteiger partial charge in [0.15, 0.2) is 5.69 Å². The van der Waals surface area contributed by atoms with Gasteiger partial charge in [-0.15, -0.1) is 0 Å². The van der Waals surface area contributed by atoms with Crippen molar-refractivity contribution >= 4 is 16.9 Å². The molecule has 4 heteroatoms. The van der Waals surface area contributed by atoms with Gasteiger partial charge >= 0.3 is 5.97 Å². The summed E-state index contributed by atoms with van der Waals surface area (Å²) in [5.74, 6) is 0.654. The van der Waals surface area contributed by atoms with E-state index >= 15 is 0 Å². The molecule has 0 aliphatic heterocycles. The summed E-state index contributed by atoms with van der Waals surface area (Å²) < 4.78 is 10.1. The highest BCUT2D eigenvalue weighted by Crippen LogP contribution is 2.29. The molecule has 0 N–H and O–H groups in total. The van der Waals surface area contributed by atoms with Crippen molar-refractivity contribution in [3.8, 4) is 5.75 Å². The lowest BCUT2D eigenvalue weighted by Crippen LogP contribution is -2.05. The fourth-order valence-electron chi connectivity index (χ4n) is 2.13. The van der Waals surface area contributed by atoms with Gasteiger partial charge in [-0.2, -0.15) is 0 Å². The highest BCUT2D eigenvalue weighted by molar-refractivity contribution is 5.94. The number of rotatable bonds is 4. The minimum Gasteiger partial charge on any atom is -0.496 e. The van der Waals surface area contributed by atoms with Crippen LogP contribution in [0.15, 0.2) is 24.3 Å². The molecule has 2 aromatic rings. The molecule has 1 atom stereocenters. The molecule has 0 saturated heterocycles. The van der Waals surface area contributed by atoms with Crippen LogP contribution in [0.3, 0.4) is 0 Å². The van der Waals surface area contributed by atoms with Gasteiger partial charge in [-0.05, 0) is 30.0 Å². The van der Waals surface area contributed by atoms with E-state index in [4.69, 9.17) is 9.47 Å². The first-order chi connectivity index (χ1) is 9.60. The van der Waals surface area contributed by atoms with Gasteiger partial charge in [0, 0.05) is 11.5 Å². The van der Waals surface area contributed by atoms with Gasteiger partial charge in [0.1, 0.15) is 5.75 Å². The Balaban J connectivity index is 2.61. The first-order valence-electron chi connectivity index (χ1n) is 6.67. The molecule has 1 unspecified atom stereocenters. The van der Waals surface area contributed by atoms with Crippen LogP contribution in [0.25, 0.3) is 10.9 Å². The molecule has 106 valence electrons. The number of benzene rings is 1. The fourth-order valence-corrected chi connectivity index (χ4v) is 2.13. The monoisotopic (exact) mass is 273 g/mol. The summed E-state index contributed by atoms with van der Waals surface area (Å²) in [6.45, 7) is 4.34. The quantitative estimate of drug-likeness (QED) is 0.799. The number of aromatic nitrogens is 1. The smallest absolute Gasteiger partial charge is 0.356 e. The van der Waals surface area contributed by atoms with Crippen LogP contribution >= 0.6 is 0 Å². The number of hydrogen-bond donors (Lipinski definition) is 0. The van der Waals surface area contributed by atoms with Crippen LogP contribution < -0.4 is 4.74 Å². The van der Waals surface area contributed by atoms with Crippen LogP contribution in [0.4, 0.5) is 0 Å². The number of hydrogen-bond acceptors (Lipinski definition) is 4. The van der Waals surface area contributed by atoms with Crippen molar-refractivity contribution in [1.29, 1.82) is 0 Å². The summed E-state index contributed by atoms with van der Waals surface area (Å²) in [4.78, 5) is 15.9. The molecule has 0 spiro atoms. The Labute approximate surface area is 118 Å². The van der Waals surface area contributed by atoms with E-state index in [2.05, 4.69) is 24.9 Å². The van der Waals surface area contributed by atoms with Gasteiger partial charge in [-0.25, -0.2) is 9.78 Å². The Kier molecular flexibility index (Phi) is 4.23. The van der Waals surface area contributed by atoms with Gasteiger partial charge in [0.25, 0.3) is 0 Å². The average Bonchev–Trinajstić information content (AvgIpc) is 2.51. The number of methoxy groups -OCH3 is 2. The third-order valence-corrected chi connectivity index (χ3v) is 3.59. The second-order valence-corrected chi connectivity index (χ2v) is 4.79. The molecule has 0 saturated carbocycles. The molecule has 0 radical (unpaired) electrons. The Hall–Kier alpha value is -2.10. The van der Waals surface area contributed by atoms with E-state index in [0.717, 1.165) is 17.3 Å². The zero-order valence-corrected chi connectivity index (χ0v) is 12.3. The largest absolute Gasteiger partial charge is 0.496 e. The maximum atomic E-state index is 11.6. The molecule has 1 heterocycles. The number of esters is 1. The minimum absolute atomic E-state index is 0.258. The second kappa shape index (κ2) is 5.90. The van der Waals surface area contributed by atoms with E-state index in [-0.39, 0.29) is 5.69 Å². The zero-order valence-electron chi connectivity index (χ0n) is 12.3. The number of pyridine rings is 1. The molecular formula is C16H19NO3. The summed E-state index contributed by atoms with van der Waals surface area (Å²) in [7, 11) is 2.93. The molecule has 1 aromatic carbocycles. The van der Waals surface area contributed by atoms with Gasteiger partial charge in [0.05, 0.1) is 19.7 Å². The first kappa shape index (κ1) is 14.3. The number of carbonyl (C=O) groups excluding carboxylic acids is 1. The molecule has 0 amide bonds. The van der Waals surface area contributed by atoms with Crippen molar-refractivity contribution in [3.63, 3.8) is 0 Å². The van der Waals surface area contributed by atoms with Crippen molar-refractivity contribution in [3.05, 3.63) is 35.5 Å². The van der Waals surface area contributed by atoms with E-state index in [0.29, 0.717) is 11.7 Å². The molecule has 4 nitrogen and oxygen atoms in total. The highest BCUT2D eigenvalue weighted by atomic mass is 16.5. The van der Waals surface area contributed by atoms with Crippen molar-refractivity contribution in [2.24, 2.45) is 0 Å². The van der Waals surface area contributed by atoms with Crippen LogP contribution in [0, 0.1) is 0 Å². The van der Waals surface area contributed by atoms with Crippen LogP contribution in [0.1, 0.15) is 42.2 Å². The van der Waals surface area contributed by atoms with Crippen molar-refractivity contribution in [2.45, 2.75) is 26.2 Å². The van der Waals surface area contributed by atoms with Crippen LogP contribution in [0.2, 0.25) is 0 Å². The van der Waals surface area contributed by atoms with Gasteiger partial charge < -0.3 is 9.47 Å². The van der Waals surface area contributed by atoms with Crippen LogP contribution in [-0.2, 0) is 4.74 Å². The Morgan fingerprint density at radius 1 is 1.30 bits per heavy atom. The second-order valence-electron chi connectivity index (χ2n) is 4.79. The molecule has 0 aliphatic rings. The number of nitrogens with zero attached hydrogens (tertiary/aromatic N) is 1. The molecule has 0 fully saturated rings. The minimum atomic E-state index is -0.462. The predicted octanol–water partition coefficient (Wildman–Crippen LogP) is 3.54. The standard InChI is InChI=1S/C16H19NO3/c1-5-10(2)11-6-7-13-12(8-11)15(19-3)9-14(17-13)16(18)20-4/h6-10H,5H2,1-4H3. The highest BCUT2D eigenvalue weighted by Gasteiger charge is 2.14. The Morgan fingerprint density at radius 3 is 2.65 bits per heavy atom. The summed E-state index contributed by atoms with van der Waals surface area (Å²) in [6, 6.07) is 7.67. The lowest BCUT2D eigenvalue weighted by atomic mass is 9.97. The third-order valence-electron chi connectivity index (χ3n) is 3.59. The van der Waals surface area contributed by atoms with Gasteiger partial charge in [-0.3, -0.25) is 0 Å². The molecule has 1 aromatic heterocycles. The van der Waals surface area contributed by atoms with E-state index < -0.39 is 5.97 Å². The molecule has 0 bridgehead atoms. The van der Waals surface area contributed by atoms with Crippen LogP contribution in [0.5, 0.6) is 5.75 Å². The Bertz CT molecular complexity index is 637. The van der Waals surface area contributed by atoms with E-state index in [9.17, 15) is 4.79 Å².